The van der Waals surface area contributed by atoms with Gasteiger partial charge >= 0.3 is 0 Å². The van der Waals surface area contributed by atoms with Gasteiger partial charge in [-0.15, -0.1) is 0 Å². The summed E-state index contributed by atoms with van der Waals surface area (Å²) in [5, 5.41) is 21.1. The summed E-state index contributed by atoms with van der Waals surface area (Å²) in [7, 11) is 0. The quantitative estimate of drug-likeness (QED) is 0.418. The largest absolute Gasteiger partial charge is 0.470 e. The molecule has 0 aliphatic carbocycles. The van der Waals surface area contributed by atoms with Gasteiger partial charge in [0.25, 0.3) is 5.91 Å². The fraction of sp³-hybridized carbons (Fsp3) is 0.0476. The van der Waals surface area contributed by atoms with Crippen LogP contribution in [0.4, 0.5) is 5.82 Å². The molecule has 2 aromatic heterocycles. The third-order valence-corrected chi connectivity index (χ3v) is 5.10. The van der Waals surface area contributed by atoms with Gasteiger partial charge in [-0.05, 0) is 52.3 Å². The van der Waals surface area contributed by atoms with Crippen molar-refractivity contribution in [3.8, 4) is 17.5 Å². The van der Waals surface area contributed by atoms with Gasteiger partial charge in [-0.2, -0.15) is 15.5 Å². The van der Waals surface area contributed by atoms with Crippen LogP contribution >= 0.6 is 27.5 Å². The summed E-state index contributed by atoms with van der Waals surface area (Å²) in [5.74, 6) is 0.395. The molecule has 0 atom stereocenters. The van der Waals surface area contributed by atoms with Crippen LogP contribution in [-0.4, -0.2) is 25.5 Å². The van der Waals surface area contributed by atoms with Gasteiger partial charge in [0.05, 0.1) is 16.4 Å². The van der Waals surface area contributed by atoms with Crippen LogP contribution < -0.4 is 10.1 Å². The fourth-order valence-corrected chi connectivity index (χ4v) is 3.57. The van der Waals surface area contributed by atoms with E-state index in [-0.39, 0.29) is 23.8 Å². The van der Waals surface area contributed by atoms with Crippen LogP contribution in [0.3, 0.4) is 0 Å². The molecule has 4 rings (SSSR count). The number of benzene rings is 2. The van der Waals surface area contributed by atoms with Crippen molar-refractivity contribution in [1.29, 1.82) is 5.26 Å². The highest BCUT2D eigenvalue weighted by Crippen LogP contribution is 2.28. The first-order valence-electron chi connectivity index (χ1n) is 9.01. The van der Waals surface area contributed by atoms with E-state index in [4.69, 9.17) is 16.3 Å². The molecule has 31 heavy (non-hydrogen) atoms. The lowest BCUT2D eigenvalue weighted by Gasteiger charge is -2.09. The molecule has 1 amide bonds. The van der Waals surface area contributed by atoms with Crippen molar-refractivity contribution in [2.75, 3.05) is 5.32 Å². The second kappa shape index (κ2) is 9.04. The summed E-state index contributed by atoms with van der Waals surface area (Å²) in [6, 6.07) is 18.0. The average molecular weight is 498 g/mol. The number of carbonyl (C=O) groups excluding carboxylic acids is 1. The molecule has 0 unspecified atom stereocenters. The van der Waals surface area contributed by atoms with E-state index in [0.717, 1.165) is 0 Å². The Morgan fingerprint density at radius 3 is 2.77 bits per heavy atom. The second-order valence-electron chi connectivity index (χ2n) is 6.31. The first-order chi connectivity index (χ1) is 15.0. The van der Waals surface area contributed by atoms with Crippen LogP contribution in [0.2, 0.25) is 5.02 Å². The lowest BCUT2D eigenvalue weighted by Crippen LogP contribution is -2.17. The molecule has 154 valence electrons. The molecule has 0 aliphatic heterocycles. The number of amides is 1. The summed E-state index contributed by atoms with van der Waals surface area (Å²) in [4.78, 5) is 12.7. The highest BCUT2D eigenvalue weighted by atomic mass is 79.9. The number of para-hydroxylation sites is 1. The van der Waals surface area contributed by atoms with E-state index in [2.05, 4.69) is 31.4 Å². The van der Waals surface area contributed by atoms with Crippen LogP contribution in [-0.2, 0) is 6.73 Å². The number of aromatic nitrogens is 4. The first-order valence-corrected chi connectivity index (χ1v) is 10.2. The smallest absolute Gasteiger partial charge is 0.277 e. The average Bonchev–Trinajstić information content (AvgIpc) is 3.41. The molecule has 0 bridgehead atoms. The molecule has 1 N–H and O–H groups in total. The minimum atomic E-state index is -0.472. The predicted molar refractivity (Wildman–Crippen MR) is 118 cm³/mol. The predicted octanol–water partition coefficient (Wildman–Crippen LogP) is 4.65. The van der Waals surface area contributed by atoms with Gasteiger partial charge in [0, 0.05) is 11.2 Å². The number of halogens is 2. The standard InChI is InChI=1S/C21H14BrClN6O2/c22-17-10-15(23)6-7-19(17)31-13-28-9-8-18(27-28)21(30)26-20-14(11-24)12-25-29(20)16-4-2-1-3-5-16/h1-10,12H,13H2,(H,26,30). The molecule has 0 spiro atoms. The third kappa shape index (κ3) is 4.60. The Labute approximate surface area is 190 Å². The van der Waals surface area contributed by atoms with E-state index in [1.165, 1.54) is 15.6 Å². The number of ether oxygens (including phenoxy) is 1. The Kier molecular flexibility index (Phi) is 6.02. The summed E-state index contributed by atoms with van der Waals surface area (Å²) < 4.78 is 9.38. The number of carbonyl (C=O) groups is 1. The van der Waals surface area contributed by atoms with Crippen LogP contribution in [0.15, 0.2) is 71.5 Å². The fourth-order valence-electron chi connectivity index (χ4n) is 2.77. The zero-order valence-electron chi connectivity index (χ0n) is 15.9. The Bertz CT molecular complexity index is 1280. The summed E-state index contributed by atoms with van der Waals surface area (Å²) >= 11 is 9.31. The highest BCUT2D eigenvalue weighted by Gasteiger charge is 2.18. The zero-order valence-corrected chi connectivity index (χ0v) is 18.2. The van der Waals surface area contributed by atoms with Gasteiger partial charge in [0.1, 0.15) is 17.4 Å². The molecule has 2 aromatic carbocycles. The van der Waals surface area contributed by atoms with Crippen LogP contribution in [0.25, 0.3) is 5.69 Å². The van der Waals surface area contributed by atoms with E-state index in [1.54, 1.807) is 30.5 Å². The molecule has 2 heterocycles. The Balaban J connectivity index is 1.49. The minimum Gasteiger partial charge on any atom is -0.470 e. The van der Waals surface area contributed by atoms with Crippen molar-refractivity contribution in [1.82, 2.24) is 19.6 Å². The maximum absolute atomic E-state index is 12.7. The number of nitrogens with zero attached hydrogens (tertiary/aromatic N) is 5. The number of nitrogens with one attached hydrogen (secondary N) is 1. The third-order valence-electron chi connectivity index (χ3n) is 4.24. The van der Waals surface area contributed by atoms with Crippen molar-refractivity contribution in [2.24, 2.45) is 0 Å². The van der Waals surface area contributed by atoms with Crippen molar-refractivity contribution in [3.63, 3.8) is 0 Å². The molecule has 0 fully saturated rings. The normalized spacial score (nSPS) is 10.5. The number of anilines is 1. The number of hydrogen-bond donors (Lipinski definition) is 1. The maximum atomic E-state index is 12.7. The van der Waals surface area contributed by atoms with Gasteiger partial charge in [-0.1, -0.05) is 29.8 Å². The van der Waals surface area contributed by atoms with E-state index in [9.17, 15) is 10.1 Å². The molecule has 8 nitrogen and oxygen atoms in total. The summed E-state index contributed by atoms with van der Waals surface area (Å²) in [6.45, 7) is 0.0961. The molecular weight excluding hydrogens is 484 g/mol. The molecular formula is C21H14BrClN6O2. The first kappa shape index (κ1) is 20.7. The van der Waals surface area contributed by atoms with E-state index >= 15 is 0 Å². The van der Waals surface area contributed by atoms with Gasteiger partial charge in [-0.25, -0.2) is 9.36 Å². The van der Waals surface area contributed by atoms with E-state index in [1.807, 2.05) is 36.4 Å². The Hall–Kier alpha value is -3.61. The molecule has 0 aliphatic rings. The minimum absolute atomic E-state index is 0.0961. The van der Waals surface area contributed by atoms with Crippen LogP contribution in [0, 0.1) is 11.3 Å². The molecule has 0 saturated carbocycles. The SMILES string of the molecule is N#Cc1cnn(-c2ccccc2)c1NC(=O)c1ccn(COc2ccc(Cl)cc2Br)n1. The van der Waals surface area contributed by atoms with Crippen LogP contribution in [0.5, 0.6) is 5.75 Å². The summed E-state index contributed by atoms with van der Waals surface area (Å²) in [5.41, 5.74) is 1.13. The molecule has 0 radical (unpaired) electrons. The van der Waals surface area contributed by atoms with E-state index < -0.39 is 5.91 Å². The van der Waals surface area contributed by atoms with Crippen molar-refractivity contribution in [3.05, 3.63) is 87.7 Å². The molecule has 10 heteroatoms. The number of hydrogen-bond acceptors (Lipinski definition) is 5. The highest BCUT2D eigenvalue weighted by molar-refractivity contribution is 9.10. The Morgan fingerprint density at radius 1 is 1.23 bits per heavy atom. The monoisotopic (exact) mass is 496 g/mol. The lowest BCUT2D eigenvalue weighted by molar-refractivity contribution is 0.101. The van der Waals surface area contributed by atoms with Crippen molar-refractivity contribution >= 4 is 39.3 Å². The van der Waals surface area contributed by atoms with E-state index in [0.29, 0.717) is 20.9 Å². The summed E-state index contributed by atoms with van der Waals surface area (Å²) in [6.07, 6.45) is 3.03. The van der Waals surface area contributed by atoms with Crippen LogP contribution in [0.1, 0.15) is 16.1 Å². The van der Waals surface area contributed by atoms with Crippen molar-refractivity contribution in [2.45, 2.75) is 6.73 Å². The topological polar surface area (TPSA) is 97.8 Å². The lowest BCUT2D eigenvalue weighted by atomic mass is 10.3. The second-order valence-corrected chi connectivity index (χ2v) is 7.60. The van der Waals surface area contributed by atoms with Gasteiger partial charge < -0.3 is 10.1 Å². The Morgan fingerprint density at radius 2 is 2.03 bits per heavy atom. The van der Waals surface area contributed by atoms with Crippen molar-refractivity contribution < 1.29 is 9.53 Å². The van der Waals surface area contributed by atoms with Gasteiger partial charge in [0.15, 0.2) is 18.2 Å². The van der Waals surface area contributed by atoms with Gasteiger partial charge in [-0.3, -0.25) is 4.79 Å². The number of rotatable bonds is 6. The number of nitriles is 1. The maximum Gasteiger partial charge on any atom is 0.277 e. The molecule has 4 aromatic rings. The zero-order chi connectivity index (χ0) is 21.8. The van der Waals surface area contributed by atoms with Gasteiger partial charge in [0.2, 0.25) is 0 Å². The molecule has 0 saturated heterocycles.